The second kappa shape index (κ2) is 5.55. The first-order valence-corrected chi connectivity index (χ1v) is 7.93. The Morgan fingerprint density at radius 2 is 2.13 bits per heavy atom. The summed E-state index contributed by atoms with van der Waals surface area (Å²) in [5.74, 6) is -0.546. The molecule has 2 atom stereocenters. The van der Waals surface area contributed by atoms with Crippen molar-refractivity contribution in [1.82, 2.24) is 9.78 Å². The molecule has 0 fully saturated rings. The van der Waals surface area contributed by atoms with Crippen LogP contribution in [0.5, 0.6) is 0 Å². The van der Waals surface area contributed by atoms with Gasteiger partial charge in [-0.15, -0.1) is 0 Å². The van der Waals surface area contributed by atoms with Crippen LogP contribution in [0.2, 0.25) is 0 Å². The minimum absolute atomic E-state index is 0.0323. The second-order valence-electron chi connectivity index (χ2n) is 4.95. The number of alkyl halides is 3. The van der Waals surface area contributed by atoms with Gasteiger partial charge in [0, 0.05) is 6.42 Å². The van der Waals surface area contributed by atoms with Crippen LogP contribution in [0, 0.1) is 0 Å². The summed E-state index contributed by atoms with van der Waals surface area (Å²) in [7, 11) is 0. The number of nitrogens with zero attached hydrogens (tertiary/aromatic N) is 2. The molecule has 3 N–H and O–H groups in total. The molecule has 0 spiro atoms. The van der Waals surface area contributed by atoms with E-state index in [-0.39, 0.29) is 22.4 Å². The zero-order valence-electron chi connectivity index (χ0n) is 11.2. The van der Waals surface area contributed by atoms with Crippen LogP contribution in [0.15, 0.2) is 25.7 Å². The van der Waals surface area contributed by atoms with E-state index in [4.69, 9.17) is 10.2 Å². The summed E-state index contributed by atoms with van der Waals surface area (Å²) in [5.41, 5.74) is 4.89. The molecule has 0 aromatic carbocycles. The maximum absolute atomic E-state index is 13.4. The first-order valence-electron chi connectivity index (χ1n) is 6.34. The van der Waals surface area contributed by atoms with E-state index in [2.05, 4.69) is 42.3 Å². The number of carbonyl (C=O) groups is 1. The number of rotatable bonds is 2. The van der Waals surface area contributed by atoms with Gasteiger partial charge in [0.1, 0.15) is 11.6 Å². The van der Waals surface area contributed by atoms with Gasteiger partial charge in [0.2, 0.25) is 0 Å². The molecule has 0 saturated carbocycles. The molecule has 2 aromatic heterocycles. The molecule has 1 aliphatic rings. The molecule has 1 aliphatic heterocycles. The van der Waals surface area contributed by atoms with Crippen molar-refractivity contribution in [2.24, 2.45) is 5.73 Å². The lowest BCUT2D eigenvalue weighted by Gasteiger charge is -2.32. The molecule has 0 unspecified atom stereocenters. The SMILES string of the molecule is NC(=O)c1nn2c(c1Br)N[C@@H](c1ccc(Br)o1)C[C@@H]2C(F)(F)F. The number of anilines is 1. The third-order valence-electron chi connectivity index (χ3n) is 3.47. The normalized spacial score (nSPS) is 20.9. The summed E-state index contributed by atoms with van der Waals surface area (Å²) >= 11 is 6.20. The Morgan fingerprint density at radius 3 is 2.65 bits per heavy atom. The standard InChI is InChI=1S/C12H9Br2F3N4O2/c13-7-2-1-5(23-7)4-3-6(12(15,16)17)21-11(19-4)8(14)9(20-21)10(18)22/h1-2,4,6,19H,3H2,(H2,18,22)/t4-,6-/m1/s1. The van der Waals surface area contributed by atoms with Gasteiger partial charge in [-0.25, -0.2) is 4.68 Å². The van der Waals surface area contributed by atoms with Gasteiger partial charge in [-0.05, 0) is 44.0 Å². The summed E-state index contributed by atoms with van der Waals surface area (Å²) in [5, 5.41) is 6.61. The summed E-state index contributed by atoms with van der Waals surface area (Å²) in [6, 6.07) is 0.533. The van der Waals surface area contributed by atoms with Crippen molar-refractivity contribution in [2.75, 3.05) is 5.32 Å². The Hall–Kier alpha value is -1.49. The maximum atomic E-state index is 13.4. The first kappa shape index (κ1) is 16.4. The zero-order chi connectivity index (χ0) is 16.9. The zero-order valence-corrected chi connectivity index (χ0v) is 14.4. The minimum atomic E-state index is -4.54. The van der Waals surface area contributed by atoms with Crippen molar-refractivity contribution >= 4 is 43.6 Å². The van der Waals surface area contributed by atoms with Gasteiger partial charge in [-0.3, -0.25) is 4.79 Å². The van der Waals surface area contributed by atoms with Gasteiger partial charge in [0.15, 0.2) is 16.4 Å². The molecule has 11 heteroatoms. The highest BCUT2D eigenvalue weighted by Gasteiger charge is 2.48. The van der Waals surface area contributed by atoms with E-state index < -0.39 is 24.2 Å². The van der Waals surface area contributed by atoms with Crippen LogP contribution in [0.1, 0.15) is 34.8 Å². The first-order chi connectivity index (χ1) is 10.7. The predicted molar refractivity (Wildman–Crippen MR) is 80.9 cm³/mol. The van der Waals surface area contributed by atoms with Crippen molar-refractivity contribution in [1.29, 1.82) is 0 Å². The number of halogens is 5. The van der Waals surface area contributed by atoms with E-state index in [0.29, 0.717) is 10.4 Å². The molecule has 0 aliphatic carbocycles. The molecule has 3 heterocycles. The lowest BCUT2D eigenvalue weighted by molar-refractivity contribution is -0.174. The molecule has 23 heavy (non-hydrogen) atoms. The van der Waals surface area contributed by atoms with Gasteiger partial charge < -0.3 is 15.5 Å². The van der Waals surface area contributed by atoms with Crippen LogP contribution in [-0.4, -0.2) is 21.9 Å². The number of hydrogen-bond acceptors (Lipinski definition) is 4. The molecular formula is C12H9Br2F3N4O2. The van der Waals surface area contributed by atoms with E-state index in [0.717, 1.165) is 4.68 Å². The number of nitrogens with one attached hydrogen (secondary N) is 1. The molecular weight excluding hydrogens is 449 g/mol. The van der Waals surface area contributed by atoms with Crippen LogP contribution in [0.3, 0.4) is 0 Å². The topological polar surface area (TPSA) is 86.1 Å². The number of primary amides is 1. The Morgan fingerprint density at radius 1 is 1.43 bits per heavy atom. The lowest BCUT2D eigenvalue weighted by Crippen LogP contribution is -2.35. The van der Waals surface area contributed by atoms with Crippen molar-refractivity contribution in [2.45, 2.75) is 24.7 Å². The fraction of sp³-hybridized carbons (Fsp3) is 0.333. The number of hydrogen-bond donors (Lipinski definition) is 2. The van der Waals surface area contributed by atoms with Crippen LogP contribution in [-0.2, 0) is 0 Å². The minimum Gasteiger partial charge on any atom is -0.452 e. The molecule has 0 radical (unpaired) electrons. The number of aromatic nitrogens is 2. The Balaban J connectivity index is 2.09. The highest BCUT2D eigenvalue weighted by molar-refractivity contribution is 9.10. The highest BCUT2D eigenvalue weighted by Crippen LogP contribution is 2.46. The summed E-state index contributed by atoms with van der Waals surface area (Å²) in [6.07, 6.45) is -4.87. The highest BCUT2D eigenvalue weighted by atomic mass is 79.9. The second-order valence-corrected chi connectivity index (χ2v) is 6.53. The summed E-state index contributed by atoms with van der Waals surface area (Å²) in [6.45, 7) is 0. The summed E-state index contributed by atoms with van der Waals surface area (Å²) < 4.78 is 46.8. The average Bonchev–Trinajstić information content (AvgIpc) is 3.01. The third kappa shape index (κ3) is 2.87. The number of furan rings is 1. The molecule has 3 rings (SSSR count). The van der Waals surface area contributed by atoms with E-state index in [9.17, 15) is 18.0 Å². The molecule has 124 valence electrons. The van der Waals surface area contributed by atoms with E-state index in [1.807, 2.05) is 0 Å². The smallest absolute Gasteiger partial charge is 0.410 e. The van der Waals surface area contributed by atoms with Gasteiger partial charge in [-0.1, -0.05) is 0 Å². The molecule has 0 saturated heterocycles. The number of fused-ring (bicyclic) bond motifs is 1. The lowest BCUT2D eigenvalue weighted by atomic mass is 10.0. The van der Waals surface area contributed by atoms with Crippen LogP contribution in [0.4, 0.5) is 19.0 Å². The van der Waals surface area contributed by atoms with Crippen LogP contribution >= 0.6 is 31.9 Å². The number of amides is 1. The Bertz CT molecular complexity index is 771. The number of carbonyl (C=O) groups excluding carboxylic acids is 1. The van der Waals surface area contributed by atoms with Gasteiger partial charge in [0.05, 0.1) is 10.5 Å². The third-order valence-corrected chi connectivity index (χ3v) is 4.64. The monoisotopic (exact) mass is 456 g/mol. The summed E-state index contributed by atoms with van der Waals surface area (Å²) in [4.78, 5) is 11.3. The molecule has 2 aromatic rings. The fourth-order valence-electron chi connectivity index (χ4n) is 2.45. The van der Waals surface area contributed by atoms with E-state index >= 15 is 0 Å². The van der Waals surface area contributed by atoms with Crippen molar-refractivity contribution < 1.29 is 22.4 Å². The Kier molecular flexibility index (Phi) is 3.95. The van der Waals surface area contributed by atoms with Crippen LogP contribution in [0.25, 0.3) is 0 Å². The largest absolute Gasteiger partial charge is 0.452 e. The fourth-order valence-corrected chi connectivity index (χ4v) is 3.34. The molecule has 0 bridgehead atoms. The Labute approximate surface area is 144 Å². The predicted octanol–water partition coefficient (Wildman–Crippen LogP) is 3.76. The van der Waals surface area contributed by atoms with Crippen molar-refractivity contribution in [3.8, 4) is 0 Å². The maximum Gasteiger partial charge on any atom is 0.410 e. The van der Waals surface area contributed by atoms with E-state index in [1.165, 1.54) is 0 Å². The van der Waals surface area contributed by atoms with Gasteiger partial charge >= 0.3 is 6.18 Å². The van der Waals surface area contributed by atoms with Gasteiger partial charge in [-0.2, -0.15) is 18.3 Å². The molecule has 1 amide bonds. The van der Waals surface area contributed by atoms with E-state index in [1.54, 1.807) is 12.1 Å². The van der Waals surface area contributed by atoms with Crippen LogP contribution < -0.4 is 11.1 Å². The number of nitrogens with two attached hydrogens (primary N) is 1. The quantitative estimate of drug-likeness (QED) is 0.718. The average molecular weight is 458 g/mol. The van der Waals surface area contributed by atoms with Crippen molar-refractivity contribution in [3.05, 3.63) is 32.7 Å². The van der Waals surface area contributed by atoms with Crippen molar-refractivity contribution in [3.63, 3.8) is 0 Å². The molecule has 6 nitrogen and oxygen atoms in total. The van der Waals surface area contributed by atoms with Gasteiger partial charge in [0.25, 0.3) is 5.91 Å².